The molecule has 0 aliphatic carbocycles. The second-order valence-electron chi connectivity index (χ2n) is 8.64. The van der Waals surface area contributed by atoms with Crippen LogP contribution in [0.4, 0.5) is 0 Å². The Balaban J connectivity index is 3.60. The molecule has 0 aliphatic heterocycles. The summed E-state index contributed by atoms with van der Waals surface area (Å²) < 4.78 is 4.67. The van der Waals surface area contributed by atoms with Gasteiger partial charge in [-0.3, -0.25) is 0 Å². The van der Waals surface area contributed by atoms with Crippen LogP contribution in [0, 0.1) is 5.92 Å². The van der Waals surface area contributed by atoms with Crippen LogP contribution >= 0.6 is 8.17 Å². The van der Waals surface area contributed by atoms with Gasteiger partial charge in [0.2, 0.25) is 0 Å². The maximum atomic E-state index is 12.1. The van der Waals surface area contributed by atoms with E-state index < -0.39 is 8.17 Å². The van der Waals surface area contributed by atoms with Crippen LogP contribution in [0.5, 0.6) is 0 Å². The molecule has 0 saturated heterocycles. The Morgan fingerprint density at radius 2 is 1.37 bits per heavy atom. The normalized spacial score (nSPS) is 13.8. The van der Waals surface area contributed by atoms with Gasteiger partial charge in [-0.1, -0.05) is 51.2 Å². The van der Waals surface area contributed by atoms with Gasteiger partial charge in [-0.15, -0.1) is 0 Å². The van der Waals surface area contributed by atoms with Crippen LogP contribution < -0.4 is 5.32 Å². The van der Waals surface area contributed by atoms with Gasteiger partial charge in [0.25, 0.3) is 0 Å². The summed E-state index contributed by atoms with van der Waals surface area (Å²) >= 11 is 0. The van der Waals surface area contributed by atoms with Crippen molar-refractivity contribution in [3.8, 4) is 0 Å². The molecule has 1 amide bonds. The van der Waals surface area contributed by atoms with E-state index in [9.17, 15) is 4.79 Å². The minimum atomic E-state index is -4.54. The quantitative estimate of drug-likeness (QED) is 0.111. The number of unbranched alkanes of at least 4 members (excludes halogenated alkanes) is 11. The van der Waals surface area contributed by atoms with E-state index in [1.807, 2.05) is 13.8 Å². The molecule has 6 nitrogen and oxygen atoms in total. The fourth-order valence-electron chi connectivity index (χ4n) is 3.24. The zero-order valence-electron chi connectivity index (χ0n) is 19.6. The van der Waals surface area contributed by atoms with Gasteiger partial charge in [-0.2, -0.15) is 0 Å². The minimum absolute atomic E-state index is 0.0592. The Morgan fingerprint density at radius 3 is 1.87 bits per heavy atom. The molecule has 30 heavy (non-hydrogen) atoms. The molecule has 1 atom stereocenters. The molecular formula is C23H48NO5P. The summed E-state index contributed by atoms with van der Waals surface area (Å²) in [6, 6.07) is -0.348. The number of rotatable bonds is 20. The van der Waals surface area contributed by atoms with E-state index >= 15 is 0 Å². The van der Waals surface area contributed by atoms with Crippen LogP contribution in [0.25, 0.3) is 0 Å². The van der Waals surface area contributed by atoms with Gasteiger partial charge in [0.15, 0.2) is 0 Å². The molecule has 0 radical (unpaired) electrons. The van der Waals surface area contributed by atoms with E-state index in [4.69, 9.17) is 14.7 Å². The maximum absolute atomic E-state index is 12.1. The molecule has 0 rings (SSSR count). The second-order valence-corrected chi connectivity index (χ2v) is 10.1. The Labute approximate surface area is 185 Å². The number of amides is 1. The molecule has 0 heterocycles. The van der Waals surface area contributed by atoms with Crippen LogP contribution in [0.2, 0.25) is 0 Å². The van der Waals surface area contributed by atoms with Crippen molar-refractivity contribution in [1.82, 2.24) is 5.32 Å². The molecule has 7 heteroatoms. The monoisotopic (exact) mass is 449 g/mol. The van der Waals surface area contributed by atoms with Crippen molar-refractivity contribution in [1.29, 1.82) is 0 Å². The molecule has 0 spiro atoms. The van der Waals surface area contributed by atoms with Crippen LogP contribution in [-0.4, -0.2) is 33.2 Å². The van der Waals surface area contributed by atoms with Crippen molar-refractivity contribution in [2.45, 2.75) is 117 Å². The van der Waals surface area contributed by atoms with E-state index in [2.05, 4.69) is 28.9 Å². The van der Waals surface area contributed by atoms with Gasteiger partial charge < -0.3 is 0 Å². The average Bonchev–Trinajstić information content (AvgIpc) is 2.67. The molecule has 0 aromatic heterocycles. The Hall–Kier alpha value is -0.520. The number of allylic oxidation sites excluding steroid dienone is 2. The molecule has 4 N–H and O–H groups in total. The number of carbonyl (C=O) groups excluding carboxylic acids is 1. The van der Waals surface area contributed by atoms with Crippen molar-refractivity contribution in [2.24, 2.45) is 5.92 Å². The zero-order chi connectivity index (χ0) is 22.7. The zero-order valence-corrected chi connectivity index (χ0v) is 20.6. The standard InChI is InChI=1S/C23H48NO5P/c1-4-5-6-7-8-9-10-11-12-13-14-15-16-17-18-19-23(25)24-22(21(2)3)20-29-30(26,27)28/h11-12,21-22,26-28,30H,4-10,13-20H2,1-3H3,(H,24,25)/b12-11-/t22-/m0/s1. The first kappa shape index (κ1) is 29.5. The van der Waals surface area contributed by atoms with Crippen LogP contribution in [0.3, 0.4) is 0 Å². The molecule has 0 aliphatic rings. The SMILES string of the molecule is CCCCCCCC/C=C\CCCCCCCC(=O)N[C@@H](CO[PH](O)(O)O)C(C)C. The first-order valence-electron chi connectivity index (χ1n) is 12.0. The first-order valence-corrected chi connectivity index (χ1v) is 13.8. The second kappa shape index (κ2) is 19.2. The van der Waals surface area contributed by atoms with Crippen LogP contribution in [0.15, 0.2) is 12.2 Å². The van der Waals surface area contributed by atoms with E-state index in [0.29, 0.717) is 6.42 Å². The molecular weight excluding hydrogens is 401 g/mol. The summed E-state index contributed by atoms with van der Waals surface area (Å²) in [7, 11) is -4.54. The number of nitrogens with one attached hydrogen (secondary N) is 1. The third-order valence-corrected chi connectivity index (χ3v) is 5.83. The summed E-state index contributed by atoms with van der Waals surface area (Å²) in [5.41, 5.74) is 0. The summed E-state index contributed by atoms with van der Waals surface area (Å²) in [6.07, 6.45) is 21.0. The van der Waals surface area contributed by atoms with Gasteiger partial charge in [-0.05, 0) is 12.8 Å². The Kier molecular flexibility index (Phi) is 18.9. The van der Waals surface area contributed by atoms with Gasteiger partial charge in [-0.25, -0.2) is 0 Å². The van der Waals surface area contributed by atoms with E-state index in [1.54, 1.807) is 0 Å². The van der Waals surface area contributed by atoms with Crippen molar-refractivity contribution < 1.29 is 24.0 Å². The summed E-state index contributed by atoms with van der Waals surface area (Å²) in [4.78, 5) is 38.9. The van der Waals surface area contributed by atoms with Gasteiger partial charge in [0, 0.05) is 0 Å². The van der Waals surface area contributed by atoms with Crippen molar-refractivity contribution >= 4 is 14.1 Å². The number of carbonyl (C=O) groups is 1. The van der Waals surface area contributed by atoms with E-state index in [1.165, 1.54) is 57.8 Å². The first-order chi connectivity index (χ1) is 14.3. The molecule has 0 aromatic carbocycles. The van der Waals surface area contributed by atoms with E-state index in [-0.39, 0.29) is 24.5 Å². The molecule has 0 aromatic rings. The topological polar surface area (TPSA) is 99.0 Å². The van der Waals surface area contributed by atoms with Gasteiger partial charge in [0.05, 0.1) is 0 Å². The third-order valence-electron chi connectivity index (χ3n) is 5.27. The number of hydrogen-bond acceptors (Lipinski definition) is 5. The fraction of sp³-hybridized carbons (Fsp3) is 0.870. The van der Waals surface area contributed by atoms with Crippen LogP contribution in [-0.2, 0) is 9.32 Å². The summed E-state index contributed by atoms with van der Waals surface area (Å²) in [5.74, 6) is 0.00965. The molecule has 180 valence electrons. The van der Waals surface area contributed by atoms with Gasteiger partial charge >= 0.3 is 121 Å². The predicted octanol–water partition coefficient (Wildman–Crippen LogP) is 5.57. The third kappa shape index (κ3) is 20.7. The van der Waals surface area contributed by atoms with Crippen LogP contribution in [0.1, 0.15) is 111 Å². The Morgan fingerprint density at radius 1 is 0.867 bits per heavy atom. The summed E-state index contributed by atoms with van der Waals surface area (Å²) in [5, 5.41) is 2.85. The predicted molar refractivity (Wildman–Crippen MR) is 127 cm³/mol. The van der Waals surface area contributed by atoms with Crippen molar-refractivity contribution in [3.05, 3.63) is 12.2 Å². The van der Waals surface area contributed by atoms with Crippen molar-refractivity contribution in [2.75, 3.05) is 6.61 Å². The molecule has 0 fully saturated rings. The number of hydrogen-bond donors (Lipinski definition) is 4. The van der Waals surface area contributed by atoms with Gasteiger partial charge in [0.1, 0.15) is 0 Å². The molecule has 0 bridgehead atoms. The van der Waals surface area contributed by atoms with Crippen molar-refractivity contribution in [3.63, 3.8) is 0 Å². The summed E-state index contributed by atoms with van der Waals surface area (Å²) in [6.45, 7) is 5.96. The average molecular weight is 450 g/mol. The van der Waals surface area contributed by atoms with E-state index in [0.717, 1.165) is 25.7 Å². The fourth-order valence-corrected chi connectivity index (χ4v) is 3.64. The molecule has 0 saturated carbocycles. The molecule has 0 unspecified atom stereocenters. The Bertz CT molecular complexity index is 438.